The van der Waals surface area contributed by atoms with Gasteiger partial charge in [-0.25, -0.2) is 13.4 Å². The van der Waals surface area contributed by atoms with Crippen LogP contribution >= 0.6 is 0 Å². The number of hydrogen-bond donors (Lipinski definition) is 2. The summed E-state index contributed by atoms with van der Waals surface area (Å²) in [4.78, 5) is 4.41. The standard InChI is InChI=1S/C15H25N3O3S/c1-4-21-9-6-7-16-14-11-13(3)12-15(18-14)17-8-10-22(19,20)5-2/h5,11-12H,2,4,6-10H2,1,3H3,(H2,16,17,18). The van der Waals surface area contributed by atoms with Crippen molar-refractivity contribution in [2.45, 2.75) is 20.3 Å². The normalized spacial score (nSPS) is 11.2. The van der Waals surface area contributed by atoms with Crippen LogP contribution in [0.1, 0.15) is 18.9 Å². The van der Waals surface area contributed by atoms with E-state index < -0.39 is 9.84 Å². The maximum Gasteiger partial charge on any atom is 0.172 e. The van der Waals surface area contributed by atoms with Crippen molar-refractivity contribution in [3.63, 3.8) is 0 Å². The summed E-state index contributed by atoms with van der Waals surface area (Å²) in [6, 6.07) is 3.83. The predicted molar refractivity (Wildman–Crippen MR) is 91.0 cm³/mol. The van der Waals surface area contributed by atoms with Crippen molar-refractivity contribution in [2.24, 2.45) is 0 Å². The van der Waals surface area contributed by atoms with Gasteiger partial charge in [0.2, 0.25) is 0 Å². The van der Waals surface area contributed by atoms with Crippen LogP contribution in [0, 0.1) is 6.92 Å². The molecule has 1 heterocycles. The van der Waals surface area contributed by atoms with Gasteiger partial charge in [-0.15, -0.1) is 0 Å². The van der Waals surface area contributed by atoms with E-state index in [1.54, 1.807) is 0 Å². The molecule has 0 unspecified atom stereocenters. The number of nitrogens with one attached hydrogen (secondary N) is 2. The Morgan fingerprint density at radius 3 is 2.50 bits per heavy atom. The van der Waals surface area contributed by atoms with Crippen LogP contribution in [0.5, 0.6) is 0 Å². The molecule has 22 heavy (non-hydrogen) atoms. The summed E-state index contributed by atoms with van der Waals surface area (Å²) in [5, 5.41) is 7.24. The molecule has 7 heteroatoms. The first-order valence-corrected chi connectivity index (χ1v) is 9.07. The number of pyridine rings is 1. The third-order valence-electron chi connectivity index (χ3n) is 2.89. The topological polar surface area (TPSA) is 80.3 Å². The fraction of sp³-hybridized carbons (Fsp3) is 0.533. The van der Waals surface area contributed by atoms with E-state index in [-0.39, 0.29) is 5.75 Å². The van der Waals surface area contributed by atoms with Gasteiger partial charge in [0.15, 0.2) is 9.84 Å². The Labute approximate surface area is 132 Å². The third-order valence-corrected chi connectivity index (χ3v) is 4.17. The molecule has 124 valence electrons. The number of ether oxygens (including phenoxy) is 1. The fourth-order valence-corrected chi connectivity index (χ4v) is 2.34. The molecule has 0 saturated carbocycles. The maximum atomic E-state index is 11.3. The molecule has 0 atom stereocenters. The zero-order chi connectivity index (χ0) is 16.4. The number of aryl methyl sites for hydroxylation is 1. The number of nitrogens with zero attached hydrogens (tertiary/aromatic N) is 1. The van der Waals surface area contributed by atoms with Gasteiger partial charge in [0.1, 0.15) is 11.6 Å². The number of aromatic nitrogens is 1. The summed E-state index contributed by atoms with van der Waals surface area (Å²) in [6.45, 7) is 9.76. The summed E-state index contributed by atoms with van der Waals surface area (Å²) in [5.74, 6) is 1.43. The summed E-state index contributed by atoms with van der Waals surface area (Å²) < 4.78 is 28.0. The average molecular weight is 327 g/mol. The van der Waals surface area contributed by atoms with Gasteiger partial charge in [0.25, 0.3) is 0 Å². The molecule has 0 aliphatic heterocycles. The summed E-state index contributed by atoms with van der Waals surface area (Å²) in [7, 11) is -3.19. The molecule has 1 aromatic rings. The molecular formula is C15H25N3O3S. The van der Waals surface area contributed by atoms with Crippen LogP contribution < -0.4 is 10.6 Å². The monoisotopic (exact) mass is 327 g/mol. The second-order valence-corrected chi connectivity index (χ2v) is 6.92. The van der Waals surface area contributed by atoms with Crippen LogP contribution in [0.3, 0.4) is 0 Å². The minimum absolute atomic E-state index is 0.00321. The summed E-state index contributed by atoms with van der Waals surface area (Å²) in [6.07, 6.45) is 0.907. The lowest BCUT2D eigenvalue weighted by atomic mass is 10.3. The maximum absolute atomic E-state index is 11.3. The van der Waals surface area contributed by atoms with Crippen LogP contribution in [0.2, 0.25) is 0 Å². The Balaban J connectivity index is 2.49. The van der Waals surface area contributed by atoms with E-state index in [9.17, 15) is 8.42 Å². The third kappa shape index (κ3) is 7.42. The van der Waals surface area contributed by atoms with Gasteiger partial charge in [-0.1, -0.05) is 6.58 Å². The van der Waals surface area contributed by atoms with Crippen LogP contribution in [0.4, 0.5) is 11.6 Å². The minimum Gasteiger partial charge on any atom is -0.382 e. The lowest BCUT2D eigenvalue weighted by molar-refractivity contribution is 0.147. The highest BCUT2D eigenvalue weighted by Crippen LogP contribution is 2.13. The first-order valence-electron chi connectivity index (χ1n) is 7.36. The number of sulfone groups is 1. The van der Waals surface area contributed by atoms with Gasteiger partial charge in [0.05, 0.1) is 5.75 Å². The van der Waals surface area contributed by atoms with E-state index >= 15 is 0 Å². The molecule has 0 fully saturated rings. The number of rotatable bonds is 11. The molecule has 0 aliphatic carbocycles. The Morgan fingerprint density at radius 1 is 1.27 bits per heavy atom. The molecule has 0 amide bonds. The lowest BCUT2D eigenvalue weighted by Crippen LogP contribution is -2.15. The first-order chi connectivity index (χ1) is 10.5. The Bertz CT molecular complexity index is 573. The SMILES string of the molecule is C=CS(=O)(=O)CCNc1cc(C)cc(NCCCOCC)n1. The van der Waals surface area contributed by atoms with Gasteiger partial charge < -0.3 is 15.4 Å². The van der Waals surface area contributed by atoms with Crippen LogP contribution in [-0.2, 0) is 14.6 Å². The summed E-state index contributed by atoms with van der Waals surface area (Å²) in [5.41, 5.74) is 1.05. The molecule has 2 N–H and O–H groups in total. The molecule has 6 nitrogen and oxygen atoms in total. The zero-order valence-electron chi connectivity index (χ0n) is 13.3. The van der Waals surface area contributed by atoms with Crippen LogP contribution in [0.15, 0.2) is 24.1 Å². The highest BCUT2D eigenvalue weighted by atomic mass is 32.2. The molecule has 0 aromatic carbocycles. The van der Waals surface area contributed by atoms with Gasteiger partial charge in [-0.3, -0.25) is 0 Å². The van der Waals surface area contributed by atoms with Gasteiger partial charge in [-0.05, 0) is 38.0 Å². The first kappa shape index (κ1) is 18.4. The van der Waals surface area contributed by atoms with Crippen molar-refractivity contribution in [2.75, 3.05) is 42.7 Å². The Hall–Kier alpha value is -1.60. The second-order valence-electron chi connectivity index (χ2n) is 4.85. The zero-order valence-corrected chi connectivity index (χ0v) is 14.1. The van der Waals surface area contributed by atoms with Gasteiger partial charge >= 0.3 is 0 Å². The quantitative estimate of drug-likeness (QED) is 0.607. The lowest BCUT2D eigenvalue weighted by Gasteiger charge is -2.10. The van der Waals surface area contributed by atoms with Crippen molar-refractivity contribution in [1.29, 1.82) is 0 Å². The van der Waals surface area contributed by atoms with E-state index in [1.165, 1.54) is 0 Å². The van der Waals surface area contributed by atoms with E-state index in [4.69, 9.17) is 4.74 Å². The molecule has 0 bridgehead atoms. The number of anilines is 2. The van der Waals surface area contributed by atoms with Crippen LogP contribution in [0.25, 0.3) is 0 Å². The van der Waals surface area contributed by atoms with E-state index in [0.717, 1.165) is 43.0 Å². The van der Waals surface area contributed by atoms with E-state index in [0.29, 0.717) is 12.4 Å². The largest absolute Gasteiger partial charge is 0.382 e. The molecule has 1 aromatic heterocycles. The molecule has 1 rings (SSSR count). The minimum atomic E-state index is -3.19. The van der Waals surface area contributed by atoms with Gasteiger partial charge in [-0.2, -0.15) is 0 Å². The molecule has 0 aliphatic rings. The van der Waals surface area contributed by atoms with Gasteiger partial charge in [0, 0.05) is 31.7 Å². The Morgan fingerprint density at radius 2 is 1.91 bits per heavy atom. The molecule has 0 radical (unpaired) electrons. The van der Waals surface area contributed by atoms with Crippen LogP contribution in [-0.4, -0.2) is 45.5 Å². The number of hydrogen-bond acceptors (Lipinski definition) is 6. The van der Waals surface area contributed by atoms with E-state index in [1.807, 2.05) is 26.0 Å². The summed E-state index contributed by atoms with van der Waals surface area (Å²) >= 11 is 0. The molecular weight excluding hydrogens is 302 g/mol. The van der Waals surface area contributed by atoms with Crippen molar-refractivity contribution in [1.82, 2.24) is 4.98 Å². The van der Waals surface area contributed by atoms with Crippen molar-refractivity contribution >= 4 is 21.5 Å². The smallest absolute Gasteiger partial charge is 0.172 e. The van der Waals surface area contributed by atoms with Crippen molar-refractivity contribution in [3.8, 4) is 0 Å². The Kier molecular flexibility index (Phi) is 7.90. The second kappa shape index (κ2) is 9.42. The van der Waals surface area contributed by atoms with E-state index in [2.05, 4.69) is 22.2 Å². The average Bonchev–Trinajstić information content (AvgIpc) is 2.46. The predicted octanol–water partition coefficient (Wildman–Crippen LogP) is 2.20. The fourth-order valence-electron chi connectivity index (χ4n) is 1.79. The highest BCUT2D eigenvalue weighted by molar-refractivity contribution is 7.94. The molecule has 0 spiro atoms. The molecule has 0 saturated heterocycles. The van der Waals surface area contributed by atoms with Crippen molar-refractivity contribution < 1.29 is 13.2 Å². The highest BCUT2D eigenvalue weighted by Gasteiger charge is 2.05. The van der Waals surface area contributed by atoms with Crippen molar-refractivity contribution in [3.05, 3.63) is 29.7 Å².